The third kappa shape index (κ3) is 2.70. The summed E-state index contributed by atoms with van der Waals surface area (Å²) in [5.74, 6) is 0. The van der Waals surface area contributed by atoms with E-state index < -0.39 is 7.12 Å². The van der Waals surface area contributed by atoms with Crippen LogP contribution in [0.3, 0.4) is 0 Å². The molecule has 1 aromatic heterocycles. The normalized spacial score (nSPS) is 12.2. The number of fused-ring (bicyclic) bond motifs is 5. The fraction of sp³-hybridized carbons (Fsp3) is 0. The number of aromatic nitrogens is 1. The highest BCUT2D eigenvalue weighted by Gasteiger charge is 2.33. The molecule has 5 rings (SSSR count). The Labute approximate surface area is 205 Å². The molecule has 3 aromatic carbocycles. The second kappa shape index (κ2) is 7.33. The number of hydrogen-bond donors (Lipinski definition) is 2. The Kier molecular flexibility index (Phi) is 5.09. The van der Waals surface area contributed by atoms with E-state index in [2.05, 4.69) is 75.2 Å². The minimum atomic E-state index is -1.51. The highest BCUT2D eigenvalue weighted by Crippen LogP contribution is 2.27. The summed E-state index contributed by atoms with van der Waals surface area (Å²) in [6.45, 7) is 0. The summed E-state index contributed by atoms with van der Waals surface area (Å²) in [5, 5.41) is 23.3. The van der Waals surface area contributed by atoms with Gasteiger partial charge < -0.3 is 14.6 Å². The van der Waals surface area contributed by atoms with Crippen molar-refractivity contribution in [3.63, 3.8) is 0 Å². The Morgan fingerprint density at radius 3 is 1.64 bits per heavy atom. The summed E-state index contributed by atoms with van der Waals surface area (Å²) in [6, 6.07) is 0. The molecule has 0 bridgehead atoms. The first kappa shape index (κ1) is 22.9. The molecule has 0 amide bonds. The maximum Gasteiger partial charge on any atom is 0.488 e. The van der Waals surface area contributed by atoms with Gasteiger partial charge >= 0.3 is 7.12 Å². The van der Waals surface area contributed by atoms with Gasteiger partial charge in [-0.2, -0.15) is 0 Å². The molecule has 0 spiro atoms. The molecule has 0 atom stereocenters. The van der Waals surface area contributed by atoms with Crippen LogP contribution in [-0.2, 0) is 0 Å². The zero-order chi connectivity index (χ0) is 24.3. The van der Waals surface area contributed by atoms with E-state index in [4.69, 9.17) is 0 Å². The fourth-order valence-electron chi connectivity index (χ4n) is 6.39. The Bertz CT molecular complexity index is 1580. The molecule has 148 valence electrons. The molecule has 0 radical (unpaired) electrons. The Morgan fingerprint density at radius 2 is 1.03 bits per heavy atom. The van der Waals surface area contributed by atoms with Crippen molar-refractivity contribution in [2.24, 2.45) is 0 Å². The third-order valence-electron chi connectivity index (χ3n) is 9.18. The van der Waals surface area contributed by atoms with Crippen molar-refractivity contribution in [3.8, 4) is 5.69 Å². The Balaban J connectivity index is 2.23. The first-order valence-electron chi connectivity index (χ1n) is 11.9. The number of benzene rings is 3. The van der Waals surface area contributed by atoms with Gasteiger partial charge in [0.1, 0.15) is 78.5 Å². The number of hydrogen-bond acceptors (Lipinski definition) is 2. The molecule has 1 aliphatic heterocycles. The molecule has 2 heterocycles. The molecule has 1 aliphatic rings. The van der Waals surface area contributed by atoms with E-state index in [0.717, 1.165) is 23.6 Å². The first-order chi connectivity index (χ1) is 15.4. The van der Waals surface area contributed by atoms with Crippen molar-refractivity contribution in [1.82, 2.24) is 4.57 Å². The lowest BCUT2D eigenvalue weighted by Gasteiger charge is -2.30. The third-order valence-corrected chi connectivity index (χ3v) is 9.18. The van der Waals surface area contributed by atoms with Gasteiger partial charge in [0.25, 0.3) is 0 Å². The van der Waals surface area contributed by atoms with E-state index in [1.807, 2.05) is 7.85 Å². The van der Waals surface area contributed by atoms with Gasteiger partial charge in [-0.05, 0) is 10.8 Å². The van der Waals surface area contributed by atoms with E-state index >= 15 is 0 Å². The molecule has 15 heteroatoms. The van der Waals surface area contributed by atoms with Crippen molar-refractivity contribution in [3.05, 3.63) is 0 Å². The summed E-state index contributed by atoms with van der Waals surface area (Å²) in [5.41, 5.74) is 19.7. The minimum Gasteiger partial charge on any atom is -0.423 e. The van der Waals surface area contributed by atoms with Crippen LogP contribution in [0, 0.1) is 0 Å². The second-order valence-corrected chi connectivity index (χ2v) is 10.3. The summed E-state index contributed by atoms with van der Waals surface area (Å²) in [6.07, 6.45) is 0. The van der Waals surface area contributed by atoms with Crippen molar-refractivity contribution in [1.29, 1.82) is 0 Å². The van der Waals surface area contributed by atoms with Crippen molar-refractivity contribution in [2.75, 3.05) is 0 Å². The largest absolute Gasteiger partial charge is 0.488 e. The molecule has 33 heavy (non-hydrogen) atoms. The average molecular weight is 415 g/mol. The monoisotopic (exact) mass is 417 g/mol. The topological polar surface area (TPSA) is 45.4 Å². The van der Waals surface area contributed by atoms with Crippen LogP contribution in [0.15, 0.2) is 0 Å². The van der Waals surface area contributed by atoms with Crippen LogP contribution >= 0.6 is 0 Å². The van der Waals surface area contributed by atoms with Gasteiger partial charge in [0, 0.05) is 22.1 Å². The molecule has 3 nitrogen and oxygen atoms in total. The molecule has 2 N–H and O–H groups in total. The summed E-state index contributed by atoms with van der Waals surface area (Å²) < 4.78 is 2.47. The van der Waals surface area contributed by atoms with Crippen LogP contribution in [0.5, 0.6) is 0 Å². The van der Waals surface area contributed by atoms with Gasteiger partial charge in [-0.15, -0.1) is 10.9 Å². The van der Waals surface area contributed by atoms with Gasteiger partial charge in [-0.1, -0.05) is 54.6 Å². The molecule has 0 unspecified atom stereocenters. The highest BCUT2D eigenvalue weighted by molar-refractivity contribution is 6.85. The standard InChI is InChI=1S/C18H23B12NO2/c19-3-1-2-15(30(32)33)10(26)9(25)13-17(2)31(16(1)11(27)6(22)4(3)20)18-12(28)7(23)5(21)8(24)14(18)29-13/h29,32-33H,19-28H2. The minimum absolute atomic E-state index is 0.655. The van der Waals surface area contributed by atoms with Gasteiger partial charge in [0.2, 0.25) is 0 Å². The highest BCUT2D eigenvalue weighted by atomic mass is 16.4. The SMILES string of the molecule is Bc1c(B)c(B)c2c(c1B)Bc1c(B)c(B)c(B(O)O)c3c4c(B)c(B)c(B)c(B)c4n-2c13. The second-order valence-electron chi connectivity index (χ2n) is 10.3. The van der Waals surface area contributed by atoms with Gasteiger partial charge in [-0.3, -0.25) is 0 Å². The average Bonchev–Trinajstić information content (AvgIpc) is 3.12. The van der Waals surface area contributed by atoms with E-state index in [1.165, 1.54) is 76.7 Å². The zero-order valence-corrected chi connectivity index (χ0v) is 21.6. The quantitative estimate of drug-likeness (QED) is 0.268. The smallest absolute Gasteiger partial charge is 0.423 e. The lowest BCUT2D eigenvalue weighted by molar-refractivity contribution is 0.426. The van der Waals surface area contributed by atoms with Crippen LogP contribution in [0.25, 0.3) is 27.5 Å². The van der Waals surface area contributed by atoms with Crippen molar-refractivity contribution in [2.45, 2.75) is 0 Å². The predicted octanol–water partition coefficient (Wildman–Crippen LogP) is -17.3. The van der Waals surface area contributed by atoms with Gasteiger partial charge in [-0.25, -0.2) is 0 Å². The fourth-order valence-corrected chi connectivity index (χ4v) is 6.39. The van der Waals surface area contributed by atoms with Gasteiger partial charge in [0.15, 0.2) is 7.28 Å². The maximum absolute atomic E-state index is 10.6. The molecule has 4 aromatic rings. The van der Waals surface area contributed by atoms with Crippen LogP contribution < -0.4 is 71.0 Å². The molecule has 0 saturated carbocycles. The lowest BCUT2D eigenvalue weighted by atomic mass is 9.49. The lowest BCUT2D eigenvalue weighted by Crippen LogP contribution is -2.63. The molecular weight excluding hydrogens is 392 g/mol. The van der Waals surface area contributed by atoms with Crippen molar-refractivity contribution < 1.29 is 10.0 Å². The Hall–Kier alpha value is -1.84. The number of rotatable bonds is 1. The predicted molar refractivity (Wildman–Crippen MR) is 179 cm³/mol. The molecule has 0 aliphatic carbocycles. The van der Waals surface area contributed by atoms with Crippen LogP contribution in [0.2, 0.25) is 0 Å². The number of nitrogens with zero attached hydrogens (tertiary/aromatic N) is 1. The Morgan fingerprint density at radius 1 is 0.515 bits per heavy atom. The van der Waals surface area contributed by atoms with Crippen molar-refractivity contribution >= 4 is 186 Å². The zero-order valence-electron chi connectivity index (χ0n) is 21.6. The summed E-state index contributed by atoms with van der Waals surface area (Å²) in [4.78, 5) is 0. The first-order valence-corrected chi connectivity index (χ1v) is 11.9. The van der Waals surface area contributed by atoms with E-state index in [1.54, 1.807) is 0 Å². The van der Waals surface area contributed by atoms with E-state index in [-0.39, 0.29) is 0 Å². The maximum atomic E-state index is 10.6. The van der Waals surface area contributed by atoms with Crippen LogP contribution in [0.1, 0.15) is 0 Å². The van der Waals surface area contributed by atoms with Gasteiger partial charge in [0.05, 0.1) is 0 Å². The molecular formula is C18H23B12NO2. The van der Waals surface area contributed by atoms with Crippen LogP contribution in [0.4, 0.5) is 0 Å². The molecule has 0 fully saturated rings. The van der Waals surface area contributed by atoms with Crippen LogP contribution in [-0.4, -0.2) is 107 Å². The molecule has 0 saturated heterocycles. The summed E-state index contributed by atoms with van der Waals surface area (Å²) >= 11 is 0. The van der Waals surface area contributed by atoms with E-state index in [0.29, 0.717) is 5.46 Å². The summed E-state index contributed by atoms with van der Waals surface area (Å²) in [7, 11) is 21.3. The van der Waals surface area contributed by atoms with E-state index in [9.17, 15) is 10.0 Å².